The molecule has 2 aromatic heterocycles. The number of amides is 1. The van der Waals surface area contributed by atoms with Gasteiger partial charge in [-0.15, -0.1) is 0 Å². The normalized spacial score (nSPS) is 14.1. The van der Waals surface area contributed by atoms with Crippen LogP contribution in [-0.2, 0) is 11.2 Å². The van der Waals surface area contributed by atoms with Crippen LogP contribution in [0.2, 0.25) is 5.02 Å². The first kappa shape index (κ1) is 25.0. The number of ether oxygens (including phenoxy) is 1. The summed E-state index contributed by atoms with van der Waals surface area (Å²) in [4.78, 5) is 27.0. The van der Waals surface area contributed by atoms with E-state index in [1.54, 1.807) is 24.3 Å². The van der Waals surface area contributed by atoms with Gasteiger partial charge in [-0.25, -0.2) is 14.6 Å². The summed E-state index contributed by atoms with van der Waals surface area (Å²) in [6.45, 7) is 6.91. The number of rotatable bonds is 7. The van der Waals surface area contributed by atoms with Crippen LogP contribution in [0.15, 0.2) is 54.6 Å². The molecule has 0 radical (unpaired) electrons. The van der Waals surface area contributed by atoms with E-state index in [-0.39, 0.29) is 12.5 Å². The largest absolute Gasteiger partial charge is 0.484 e. The molecule has 37 heavy (non-hydrogen) atoms. The molecule has 1 amide bonds. The third-order valence-electron chi connectivity index (χ3n) is 6.53. The Morgan fingerprint density at radius 2 is 1.78 bits per heavy atom. The summed E-state index contributed by atoms with van der Waals surface area (Å²) in [5.41, 5.74) is 2.69. The van der Waals surface area contributed by atoms with Gasteiger partial charge >= 0.3 is 0 Å². The molecule has 9 heteroatoms. The van der Waals surface area contributed by atoms with Crippen molar-refractivity contribution in [2.45, 2.75) is 33.1 Å². The number of fused-ring (bicyclic) bond motifs is 1. The number of carbonyl (C=O) groups is 1. The van der Waals surface area contributed by atoms with E-state index in [1.807, 2.05) is 46.8 Å². The first-order chi connectivity index (χ1) is 18.0. The minimum atomic E-state index is -0.0237. The summed E-state index contributed by atoms with van der Waals surface area (Å²) < 4.78 is 7.61. The van der Waals surface area contributed by atoms with Crippen molar-refractivity contribution < 1.29 is 9.53 Å². The molecular weight excluding hydrogens is 488 g/mol. The smallest absolute Gasteiger partial charge is 0.260 e. The fourth-order valence-electron chi connectivity index (χ4n) is 4.66. The number of aryl methyl sites for hydroxylation is 2. The highest BCUT2D eigenvalue weighted by Gasteiger charge is 2.25. The number of benzene rings is 2. The van der Waals surface area contributed by atoms with Crippen molar-refractivity contribution in [3.63, 3.8) is 0 Å². The van der Waals surface area contributed by atoms with Crippen molar-refractivity contribution in [3.05, 3.63) is 71.1 Å². The minimum absolute atomic E-state index is 0.00296. The van der Waals surface area contributed by atoms with Gasteiger partial charge in [0.05, 0.1) is 16.8 Å². The van der Waals surface area contributed by atoms with Crippen molar-refractivity contribution in [3.8, 4) is 11.4 Å². The maximum absolute atomic E-state index is 12.9. The Morgan fingerprint density at radius 1 is 1.00 bits per heavy atom. The maximum Gasteiger partial charge on any atom is 0.260 e. The molecule has 0 atom stereocenters. The van der Waals surface area contributed by atoms with E-state index in [0.29, 0.717) is 30.4 Å². The second-order valence-corrected chi connectivity index (χ2v) is 9.65. The quantitative estimate of drug-likeness (QED) is 0.348. The predicted molar refractivity (Wildman–Crippen MR) is 146 cm³/mol. The lowest BCUT2D eigenvalue weighted by molar-refractivity contribution is -0.133. The van der Waals surface area contributed by atoms with Gasteiger partial charge in [0.1, 0.15) is 17.4 Å². The minimum Gasteiger partial charge on any atom is -0.484 e. The first-order valence-corrected chi connectivity index (χ1v) is 13.1. The molecule has 1 aliphatic rings. The number of anilines is 1. The molecule has 5 rings (SSSR count). The molecule has 8 nitrogen and oxygen atoms in total. The molecule has 4 aromatic rings. The summed E-state index contributed by atoms with van der Waals surface area (Å²) in [5, 5.41) is 6.44. The summed E-state index contributed by atoms with van der Waals surface area (Å²) >= 11 is 5.93. The number of carbonyl (C=O) groups excluding carboxylic acids is 1. The van der Waals surface area contributed by atoms with Crippen LogP contribution in [0.4, 0.5) is 5.82 Å². The summed E-state index contributed by atoms with van der Waals surface area (Å²) in [6, 6.07) is 17.1. The van der Waals surface area contributed by atoms with E-state index in [1.165, 1.54) is 0 Å². The number of nitrogens with zero attached hydrogens (tertiary/aromatic N) is 6. The van der Waals surface area contributed by atoms with Crippen LogP contribution in [0.1, 0.15) is 31.3 Å². The number of hydrogen-bond acceptors (Lipinski definition) is 6. The van der Waals surface area contributed by atoms with Crippen molar-refractivity contribution in [2.75, 3.05) is 37.7 Å². The third-order valence-corrected chi connectivity index (χ3v) is 6.78. The average molecular weight is 519 g/mol. The summed E-state index contributed by atoms with van der Waals surface area (Å²) in [6.07, 6.45) is 2.59. The van der Waals surface area contributed by atoms with Crippen molar-refractivity contribution >= 4 is 34.4 Å². The Balaban J connectivity index is 1.37. The van der Waals surface area contributed by atoms with E-state index in [4.69, 9.17) is 31.4 Å². The molecule has 2 aromatic carbocycles. The van der Waals surface area contributed by atoms with Crippen LogP contribution in [-0.4, -0.2) is 63.3 Å². The molecule has 0 unspecified atom stereocenters. The van der Waals surface area contributed by atoms with Gasteiger partial charge in [0.2, 0.25) is 0 Å². The van der Waals surface area contributed by atoms with Gasteiger partial charge in [-0.3, -0.25) is 4.79 Å². The molecule has 0 spiro atoms. The van der Waals surface area contributed by atoms with Gasteiger partial charge in [0.25, 0.3) is 5.91 Å². The monoisotopic (exact) mass is 518 g/mol. The first-order valence-electron chi connectivity index (χ1n) is 12.8. The molecule has 3 heterocycles. The Bertz CT molecular complexity index is 1370. The van der Waals surface area contributed by atoms with E-state index < -0.39 is 0 Å². The van der Waals surface area contributed by atoms with Crippen molar-refractivity contribution in [1.29, 1.82) is 0 Å². The molecule has 0 aliphatic carbocycles. The molecule has 1 fully saturated rings. The lowest BCUT2D eigenvalue weighted by Crippen LogP contribution is -2.38. The van der Waals surface area contributed by atoms with E-state index in [0.717, 1.165) is 59.9 Å². The van der Waals surface area contributed by atoms with Crippen LogP contribution in [0, 0.1) is 6.92 Å². The molecule has 1 saturated heterocycles. The average Bonchev–Trinajstić information content (AvgIpc) is 3.08. The topological polar surface area (TPSA) is 76.4 Å². The third kappa shape index (κ3) is 5.54. The highest BCUT2D eigenvalue weighted by atomic mass is 35.5. The van der Waals surface area contributed by atoms with Crippen molar-refractivity contribution in [1.82, 2.24) is 24.6 Å². The van der Waals surface area contributed by atoms with Gasteiger partial charge in [-0.05, 0) is 56.2 Å². The Morgan fingerprint density at radius 3 is 2.54 bits per heavy atom. The maximum atomic E-state index is 12.9. The second-order valence-electron chi connectivity index (χ2n) is 9.21. The van der Waals surface area contributed by atoms with E-state index >= 15 is 0 Å². The molecular formula is C28H31ClN6O2. The Hall–Kier alpha value is -3.65. The number of hydrogen-bond donors (Lipinski definition) is 0. The Labute approximate surface area is 221 Å². The predicted octanol–water partition coefficient (Wildman–Crippen LogP) is 4.85. The van der Waals surface area contributed by atoms with Gasteiger partial charge in [0.15, 0.2) is 12.3 Å². The van der Waals surface area contributed by atoms with Crippen LogP contribution in [0.25, 0.3) is 16.7 Å². The highest BCUT2D eigenvalue weighted by Crippen LogP contribution is 2.30. The highest BCUT2D eigenvalue weighted by molar-refractivity contribution is 6.30. The van der Waals surface area contributed by atoms with Gasteiger partial charge < -0.3 is 14.5 Å². The molecule has 1 aliphatic heterocycles. The fourth-order valence-corrected chi connectivity index (χ4v) is 4.79. The van der Waals surface area contributed by atoms with Crippen molar-refractivity contribution in [2.24, 2.45) is 0 Å². The zero-order valence-corrected chi connectivity index (χ0v) is 22.0. The number of aromatic nitrogens is 4. The van der Waals surface area contributed by atoms with Crippen LogP contribution < -0.4 is 9.64 Å². The standard InChI is InChI=1S/C28H31ClN6O2/c1-3-8-24-30-27(26-20(2)32-35(28(26)31-24)22-9-5-4-6-10-22)34-16-7-15-33(17-18-34)25(36)19-37-23-13-11-21(29)12-14-23/h4-6,9-14H,3,7-8,15-19H2,1-2H3. The Kier molecular flexibility index (Phi) is 7.55. The summed E-state index contributed by atoms with van der Waals surface area (Å²) in [5.74, 6) is 2.33. The lowest BCUT2D eigenvalue weighted by Gasteiger charge is -2.24. The second kappa shape index (κ2) is 11.2. The SMILES string of the molecule is CCCc1nc(N2CCCN(C(=O)COc3ccc(Cl)cc3)CC2)c2c(C)nn(-c3ccccc3)c2n1. The lowest BCUT2D eigenvalue weighted by atomic mass is 10.2. The van der Waals surface area contributed by atoms with Gasteiger partial charge in [-0.1, -0.05) is 36.7 Å². The number of para-hydroxylation sites is 1. The van der Waals surface area contributed by atoms with E-state index in [2.05, 4.69) is 11.8 Å². The van der Waals surface area contributed by atoms with E-state index in [9.17, 15) is 4.79 Å². The molecule has 0 saturated carbocycles. The molecule has 0 N–H and O–H groups in total. The van der Waals surface area contributed by atoms with Crippen LogP contribution >= 0.6 is 11.6 Å². The van der Waals surface area contributed by atoms with Gasteiger partial charge in [0, 0.05) is 37.6 Å². The zero-order valence-electron chi connectivity index (χ0n) is 21.2. The van der Waals surface area contributed by atoms with Crippen LogP contribution in [0.3, 0.4) is 0 Å². The number of halogens is 1. The fraction of sp³-hybridized carbons (Fsp3) is 0.357. The summed E-state index contributed by atoms with van der Waals surface area (Å²) in [7, 11) is 0. The zero-order chi connectivity index (χ0) is 25.8. The molecule has 192 valence electrons. The van der Waals surface area contributed by atoms with Gasteiger partial charge in [-0.2, -0.15) is 5.10 Å². The van der Waals surface area contributed by atoms with Crippen LogP contribution in [0.5, 0.6) is 5.75 Å². The molecule has 0 bridgehead atoms.